The zero-order chi connectivity index (χ0) is 14.2. The Balaban J connectivity index is 0.00000220. The fourth-order valence-corrected chi connectivity index (χ4v) is 3.94. The first-order chi connectivity index (χ1) is 9.81. The Kier molecular flexibility index (Phi) is 9.80. The van der Waals surface area contributed by atoms with Crippen LogP contribution in [0, 0.1) is 0 Å². The van der Waals surface area contributed by atoms with Gasteiger partial charge in [-0.25, -0.2) is 0 Å². The minimum Gasteiger partial charge on any atom is -0.356 e. The van der Waals surface area contributed by atoms with E-state index in [0.717, 1.165) is 17.8 Å². The molecule has 0 aromatic rings. The maximum Gasteiger partial charge on any atom is 0.191 e. The molecule has 0 amide bonds. The number of allylic oxidation sites excluding steroid dienone is 1. The second-order valence-electron chi connectivity index (χ2n) is 5.87. The van der Waals surface area contributed by atoms with Gasteiger partial charge in [0, 0.05) is 24.9 Å². The Hall–Kier alpha value is 0.0900. The molecule has 0 radical (unpaired) electrons. The van der Waals surface area contributed by atoms with Gasteiger partial charge in [0.15, 0.2) is 5.96 Å². The molecule has 0 aromatic carbocycles. The van der Waals surface area contributed by atoms with Crippen LogP contribution in [0.1, 0.15) is 51.4 Å². The molecule has 2 unspecified atom stereocenters. The molecule has 0 spiro atoms. The van der Waals surface area contributed by atoms with Gasteiger partial charge in [-0.15, -0.1) is 24.0 Å². The van der Waals surface area contributed by atoms with Crippen LogP contribution in [-0.2, 0) is 0 Å². The van der Waals surface area contributed by atoms with E-state index < -0.39 is 0 Å². The van der Waals surface area contributed by atoms with Crippen molar-refractivity contribution in [3.05, 3.63) is 11.6 Å². The second-order valence-corrected chi connectivity index (χ2v) is 7.01. The molecule has 0 aromatic heterocycles. The van der Waals surface area contributed by atoms with Gasteiger partial charge in [0.05, 0.1) is 0 Å². The lowest BCUT2D eigenvalue weighted by Crippen LogP contribution is -2.42. The topological polar surface area (TPSA) is 36.4 Å². The van der Waals surface area contributed by atoms with Crippen molar-refractivity contribution in [1.29, 1.82) is 0 Å². The summed E-state index contributed by atoms with van der Waals surface area (Å²) in [4.78, 5) is 4.35. The predicted molar refractivity (Wildman–Crippen MR) is 106 cm³/mol. The highest BCUT2D eigenvalue weighted by molar-refractivity contribution is 14.0. The van der Waals surface area contributed by atoms with Crippen LogP contribution in [0.25, 0.3) is 0 Å². The smallest absolute Gasteiger partial charge is 0.191 e. The summed E-state index contributed by atoms with van der Waals surface area (Å²) >= 11 is 2.00. The van der Waals surface area contributed by atoms with E-state index in [2.05, 4.69) is 28.0 Å². The van der Waals surface area contributed by atoms with E-state index in [1.165, 1.54) is 51.4 Å². The summed E-state index contributed by atoms with van der Waals surface area (Å²) in [6, 6.07) is 0.604. The number of hydrogen-bond donors (Lipinski definition) is 2. The molecule has 0 saturated heterocycles. The van der Waals surface area contributed by atoms with Gasteiger partial charge < -0.3 is 10.6 Å². The standard InChI is InChI=1S/C16H29N3S.HI/c1-17-16(19-14-8-9-15(12-14)20-2)18-11-10-13-6-4-3-5-7-13;/h6,14-15H,3-5,7-12H2,1-2H3,(H2,17,18,19);1H. The summed E-state index contributed by atoms with van der Waals surface area (Å²) < 4.78 is 0. The molecule has 0 aliphatic heterocycles. The molecule has 1 saturated carbocycles. The monoisotopic (exact) mass is 423 g/mol. The number of nitrogens with zero attached hydrogens (tertiary/aromatic N) is 1. The number of rotatable bonds is 5. The van der Waals surface area contributed by atoms with Crippen LogP contribution in [0.3, 0.4) is 0 Å². The minimum absolute atomic E-state index is 0. The number of guanidine groups is 1. The number of halogens is 1. The minimum atomic E-state index is 0. The quantitative estimate of drug-likeness (QED) is 0.304. The van der Waals surface area contributed by atoms with Crippen molar-refractivity contribution in [3.8, 4) is 0 Å². The zero-order valence-electron chi connectivity index (χ0n) is 13.4. The molecular weight excluding hydrogens is 393 g/mol. The maximum atomic E-state index is 4.35. The largest absolute Gasteiger partial charge is 0.356 e. The molecule has 122 valence electrons. The SMILES string of the molecule is CN=C(NCCC1=CCCCC1)NC1CCC(SC)C1.I. The Bertz CT molecular complexity index is 357. The summed E-state index contributed by atoms with van der Waals surface area (Å²) in [6.45, 7) is 1.00. The third-order valence-corrected chi connectivity index (χ3v) is 5.50. The molecule has 2 aliphatic carbocycles. The highest BCUT2D eigenvalue weighted by Crippen LogP contribution is 2.28. The van der Waals surface area contributed by atoms with Crippen molar-refractivity contribution in [1.82, 2.24) is 10.6 Å². The molecule has 3 nitrogen and oxygen atoms in total. The van der Waals surface area contributed by atoms with Crippen LogP contribution >= 0.6 is 35.7 Å². The van der Waals surface area contributed by atoms with Crippen LogP contribution in [0.15, 0.2) is 16.6 Å². The van der Waals surface area contributed by atoms with Gasteiger partial charge in [-0.1, -0.05) is 11.6 Å². The third-order valence-electron chi connectivity index (χ3n) is 4.41. The molecule has 2 rings (SSSR count). The van der Waals surface area contributed by atoms with Crippen molar-refractivity contribution in [2.75, 3.05) is 19.8 Å². The number of thioether (sulfide) groups is 1. The van der Waals surface area contributed by atoms with Crippen molar-refractivity contribution in [2.24, 2.45) is 4.99 Å². The van der Waals surface area contributed by atoms with Crippen molar-refractivity contribution >= 4 is 41.7 Å². The van der Waals surface area contributed by atoms with E-state index in [1.807, 2.05) is 18.8 Å². The van der Waals surface area contributed by atoms with E-state index in [1.54, 1.807) is 5.57 Å². The van der Waals surface area contributed by atoms with Crippen molar-refractivity contribution < 1.29 is 0 Å². The number of nitrogens with one attached hydrogen (secondary N) is 2. The molecular formula is C16H30IN3S. The summed E-state index contributed by atoms with van der Waals surface area (Å²) in [7, 11) is 1.87. The highest BCUT2D eigenvalue weighted by Gasteiger charge is 2.24. The second kappa shape index (κ2) is 10.8. The van der Waals surface area contributed by atoms with Gasteiger partial charge in [-0.05, 0) is 57.6 Å². The van der Waals surface area contributed by atoms with Gasteiger partial charge in [-0.3, -0.25) is 4.99 Å². The van der Waals surface area contributed by atoms with Gasteiger partial charge >= 0.3 is 0 Å². The van der Waals surface area contributed by atoms with Crippen molar-refractivity contribution in [3.63, 3.8) is 0 Å². The lowest BCUT2D eigenvalue weighted by Gasteiger charge is -2.18. The first-order valence-electron chi connectivity index (χ1n) is 7.99. The number of aliphatic imine (C=N–C) groups is 1. The molecule has 2 aliphatic rings. The molecule has 2 N–H and O–H groups in total. The van der Waals surface area contributed by atoms with E-state index in [9.17, 15) is 0 Å². The van der Waals surface area contributed by atoms with Crippen LogP contribution in [0.4, 0.5) is 0 Å². The summed E-state index contributed by atoms with van der Waals surface area (Å²) in [6.07, 6.45) is 15.0. The third kappa shape index (κ3) is 6.80. The van der Waals surface area contributed by atoms with Gasteiger partial charge in [0.25, 0.3) is 0 Å². The van der Waals surface area contributed by atoms with E-state index in [0.29, 0.717) is 6.04 Å². The van der Waals surface area contributed by atoms with E-state index >= 15 is 0 Å². The Labute approximate surface area is 151 Å². The summed E-state index contributed by atoms with van der Waals surface area (Å²) in [5, 5.41) is 7.87. The summed E-state index contributed by atoms with van der Waals surface area (Å²) in [5.41, 5.74) is 1.63. The van der Waals surface area contributed by atoms with E-state index in [4.69, 9.17) is 0 Å². The fourth-order valence-electron chi connectivity index (χ4n) is 3.15. The molecule has 1 fully saturated rings. The maximum absolute atomic E-state index is 4.35. The first-order valence-corrected chi connectivity index (χ1v) is 9.28. The normalized spacial score (nSPS) is 26.0. The van der Waals surface area contributed by atoms with Gasteiger partial charge in [-0.2, -0.15) is 11.8 Å². The Morgan fingerprint density at radius 2 is 2.24 bits per heavy atom. The van der Waals surface area contributed by atoms with Crippen LogP contribution in [0.5, 0.6) is 0 Å². The Morgan fingerprint density at radius 1 is 1.38 bits per heavy atom. The first kappa shape index (κ1) is 19.1. The lowest BCUT2D eigenvalue weighted by molar-refractivity contribution is 0.611. The van der Waals surface area contributed by atoms with Gasteiger partial charge in [0.2, 0.25) is 0 Å². The van der Waals surface area contributed by atoms with Crippen LogP contribution in [0.2, 0.25) is 0 Å². The van der Waals surface area contributed by atoms with Crippen molar-refractivity contribution in [2.45, 2.75) is 62.7 Å². The average Bonchev–Trinajstić information content (AvgIpc) is 2.95. The lowest BCUT2D eigenvalue weighted by atomic mass is 9.97. The molecule has 21 heavy (non-hydrogen) atoms. The molecule has 5 heteroatoms. The molecule has 0 heterocycles. The Morgan fingerprint density at radius 3 is 2.86 bits per heavy atom. The van der Waals surface area contributed by atoms with Gasteiger partial charge in [0.1, 0.15) is 0 Å². The van der Waals surface area contributed by atoms with Crippen LogP contribution in [-0.4, -0.2) is 37.1 Å². The molecule has 0 bridgehead atoms. The molecule has 2 atom stereocenters. The number of hydrogen-bond acceptors (Lipinski definition) is 2. The average molecular weight is 423 g/mol. The highest BCUT2D eigenvalue weighted by atomic mass is 127. The zero-order valence-corrected chi connectivity index (χ0v) is 16.5. The fraction of sp³-hybridized carbons (Fsp3) is 0.812. The summed E-state index contributed by atoms with van der Waals surface area (Å²) in [5.74, 6) is 0.980. The van der Waals surface area contributed by atoms with E-state index in [-0.39, 0.29) is 24.0 Å². The van der Waals surface area contributed by atoms with Crippen LogP contribution < -0.4 is 10.6 Å². The predicted octanol–water partition coefficient (Wildman–Crippen LogP) is 3.94.